The lowest BCUT2D eigenvalue weighted by Crippen LogP contribution is -2.39. The predicted molar refractivity (Wildman–Crippen MR) is 85.9 cm³/mol. The highest BCUT2D eigenvalue weighted by atomic mass is 16.5. The highest BCUT2D eigenvalue weighted by Gasteiger charge is 2.20. The molecule has 1 fully saturated rings. The van der Waals surface area contributed by atoms with E-state index >= 15 is 0 Å². The Kier molecular flexibility index (Phi) is 5.06. The molecule has 5 heteroatoms. The minimum absolute atomic E-state index is 0.620. The molecule has 2 heterocycles. The second kappa shape index (κ2) is 7.40. The molecule has 1 aliphatic heterocycles. The van der Waals surface area contributed by atoms with Crippen molar-refractivity contribution >= 4 is 0 Å². The third kappa shape index (κ3) is 4.07. The number of hydrogen-bond donors (Lipinski definition) is 0. The standard InChI is InChI=1S/C17H24N4O/c1-15-5-2-3-7-17(15)22-12-16-6-4-8-20(11-16)9-10-21-13-18-19-14-21/h2-3,5,7,13-14,16H,4,6,8-12H2,1H3/t16-/m1/s1. The smallest absolute Gasteiger partial charge is 0.122 e. The van der Waals surface area contributed by atoms with Crippen molar-refractivity contribution in [2.45, 2.75) is 26.3 Å². The Balaban J connectivity index is 1.45. The maximum atomic E-state index is 6.02. The maximum absolute atomic E-state index is 6.02. The largest absolute Gasteiger partial charge is 0.493 e. The summed E-state index contributed by atoms with van der Waals surface area (Å²) in [4.78, 5) is 2.52. The summed E-state index contributed by atoms with van der Waals surface area (Å²) in [5, 5.41) is 7.69. The van der Waals surface area contributed by atoms with Crippen LogP contribution in [0.5, 0.6) is 5.75 Å². The van der Waals surface area contributed by atoms with Crippen LogP contribution in [-0.4, -0.2) is 45.9 Å². The van der Waals surface area contributed by atoms with E-state index in [4.69, 9.17) is 4.74 Å². The van der Waals surface area contributed by atoms with Crippen molar-refractivity contribution in [3.8, 4) is 5.75 Å². The first-order valence-electron chi connectivity index (χ1n) is 8.04. The van der Waals surface area contributed by atoms with Crippen molar-refractivity contribution in [2.75, 3.05) is 26.2 Å². The van der Waals surface area contributed by atoms with E-state index in [2.05, 4.69) is 40.2 Å². The average Bonchev–Trinajstić information content (AvgIpc) is 3.06. The molecule has 2 aromatic rings. The van der Waals surface area contributed by atoms with E-state index in [1.54, 1.807) is 12.7 Å². The van der Waals surface area contributed by atoms with Crippen molar-refractivity contribution in [2.24, 2.45) is 5.92 Å². The van der Waals surface area contributed by atoms with Gasteiger partial charge in [-0.25, -0.2) is 0 Å². The molecule has 0 aliphatic carbocycles. The lowest BCUT2D eigenvalue weighted by molar-refractivity contribution is 0.127. The SMILES string of the molecule is Cc1ccccc1OC[C@@H]1CCCN(CCn2cnnc2)C1. The molecule has 1 aromatic heterocycles. The van der Waals surface area contributed by atoms with Crippen LogP contribution in [-0.2, 0) is 6.54 Å². The Morgan fingerprint density at radius 2 is 2.00 bits per heavy atom. The first-order chi connectivity index (χ1) is 10.8. The highest BCUT2D eigenvalue weighted by Crippen LogP contribution is 2.21. The Labute approximate surface area is 131 Å². The number of aromatic nitrogens is 3. The van der Waals surface area contributed by atoms with Crippen molar-refractivity contribution in [1.29, 1.82) is 0 Å². The van der Waals surface area contributed by atoms with Crippen LogP contribution >= 0.6 is 0 Å². The molecule has 0 unspecified atom stereocenters. The van der Waals surface area contributed by atoms with Crippen LogP contribution in [0.15, 0.2) is 36.9 Å². The van der Waals surface area contributed by atoms with Gasteiger partial charge in [0.25, 0.3) is 0 Å². The van der Waals surface area contributed by atoms with Gasteiger partial charge in [0.2, 0.25) is 0 Å². The topological polar surface area (TPSA) is 43.2 Å². The fourth-order valence-corrected chi connectivity index (χ4v) is 3.01. The van der Waals surface area contributed by atoms with Crippen molar-refractivity contribution in [3.05, 3.63) is 42.5 Å². The molecule has 118 valence electrons. The second-order valence-electron chi connectivity index (χ2n) is 6.09. The molecular formula is C17H24N4O. The van der Waals surface area contributed by atoms with Crippen LogP contribution < -0.4 is 4.74 Å². The molecule has 1 saturated heterocycles. The molecule has 0 amide bonds. The summed E-state index contributed by atoms with van der Waals surface area (Å²) in [5.74, 6) is 1.64. The molecule has 1 aromatic carbocycles. The molecule has 1 aliphatic rings. The normalized spacial score (nSPS) is 19.2. The summed E-state index contributed by atoms with van der Waals surface area (Å²) in [5.41, 5.74) is 1.21. The van der Waals surface area contributed by atoms with Crippen molar-refractivity contribution < 1.29 is 4.74 Å². The van der Waals surface area contributed by atoms with Gasteiger partial charge in [-0.2, -0.15) is 0 Å². The monoisotopic (exact) mass is 300 g/mol. The highest BCUT2D eigenvalue weighted by molar-refractivity contribution is 5.31. The molecule has 0 N–H and O–H groups in total. The van der Waals surface area contributed by atoms with Gasteiger partial charge in [-0.05, 0) is 37.9 Å². The van der Waals surface area contributed by atoms with E-state index in [0.717, 1.165) is 32.0 Å². The lowest BCUT2D eigenvalue weighted by atomic mass is 9.99. The van der Waals surface area contributed by atoms with Gasteiger partial charge in [-0.15, -0.1) is 10.2 Å². The van der Waals surface area contributed by atoms with Crippen LogP contribution in [0.2, 0.25) is 0 Å². The lowest BCUT2D eigenvalue weighted by Gasteiger charge is -2.32. The van der Waals surface area contributed by atoms with Crippen molar-refractivity contribution in [3.63, 3.8) is 0 Å². The number of benzene rings is 1. The van der Waals surface area contributed by atoms with Crippen LogP contribution in [0, 0.1) is 12.8 Å². The Morgan fingerprint density at radius 1 is 1.18 bits per heavy atom. The zero-order valence-corrected chi connectivity index (χ0v) is 13.2. The predicted octanol–water partition coefficient (Wildman–Crippen LogP) is 2.38. The third-order valence-electron chi connectivity index (χ3n) is 4.31. The van der Waals surface area contributed by atoms with Gasteiger partial charge in [-0.3, -0.25) is 0 Å². The van der Waals surface area contributed by atoms with Gasteiger partial charge in [0.15, 0.2) is 0 Å². The Bertz CT molecular complexity index is 570. The van der Waals surface area contributed by atoms with E-state index in [-0.39, 0.29) is 0 Å². The molecule has 22 heavy (non-hydrogen) atoms. The van der Waals surface area contributed by atoms with E-state index in [0.29, 0.717) is 5.92 Å². The number of ether oxygens (including phenoxy) is 1. The molecule has 0 bridgehead atoms. The molecule has 0 radical (unpaired) electrons. The van der Waals surface area contributed by atoms with Crippen LogP contribution in [0.3, 0.4) is 0 Å². The Morgan fingerprint density at radius 3 is 2.82 bits per heavy atom. The van der Waals surface area contributed by atoms with Gasteiger partial charge in [0.1, 0.15) is 18.4 Å². The number of piperidine rings is 1. The van der Waals surface area contributed by atoms with Gasteiger partial charge in [0.05, 0.1) is 6.61 Å². The first-order valence-corrected chi connectivity index (χ1v) is 8.04. The first kappa shape index (κ1) is 15.0. The van der Waals surface area contributed by atoms with E-state index in [1.807, 2.05) is 10.6 Å². The minimum atomic E-state index is 0.620. The fraction of sp³-hybridized carbons (Fsp3) is 0.529. The summed E-state index contributed by atoms with van der Waals surface area (Å²) < 4.78 is 8.06. The van der Waals surface area contributed by atoms with Gasteiger partial charge in [-0.1, -0.05) is 18.2 Å². The maximum Gasteiger partial charge on any atom is 0.122 e. The molecule has 1 atom stereocenters. The summed E-state index contributed by atoms with van der Waals surface area (Å²) in [6.07, 6.45) is 6.07. The number of aryl methyl sites for hydroxylation is 1. The number of likely N-dealkylation sites (tertiary alicyclic amines) is 1. The quantitative estimate of drug-likeness (QED) is 0.821. The van der Waals surface area contributed by atoms with Gasteiger partial charge < -0.3 is 14.2 Å². The van der Waals surface area contributed by atoms with Crippen LogP contribution in [0.25, 0.3) is 0 Å². The zero-order chi connectivity index (χ0) is 15.2. The van der Waals surface area contributed by atoms with Gasteiger partial charge >= 0.3 is 0 Å². The van der Waals surface area contributed by atoms with Crippen molar-refractivity contribution in [1.82, 2.24) is 19.7 Å². The third-order valence-corrected chi connectivity index (χ3v) is 4.31. The van der Waals surface area contributed by atoms with Crippen LogP contribution in [0.4, 0.5) is 0 Å². The van der Waals surface area contributed by atoms with E-state index in [9.17, 15) is 0 Å². The molecule has 5 nitrogen and oxygen atoms in total. The minimum Gasteiger partial charge on any atom is -0.493 e. The summed E-state index contributed by atoms with van der Waals surface area (Å²) in [6.45, 7) is 7.23. The number of hydrogen-bond acceptors (Lipinski definition) is 4. The number of rotatable bonds is 6. The number of para-hydroxylation sites is 1. The summed E-state index contributed by atoms with van der Waals surface area (Å²) in [7, 11) is 0. The Hall–Kier alpha value is -1.88. The molecule has 0 spiro atoms. The molecule has 3 rings (SSSR count). The van der Waals surface area contributed by atoms with Gasteiger partial charge in [0, 0.05) is 25.6 Å². The summed E-state index contributed by atoms with van der Waals surface area (Å²) in [6, 6.07) is 8.24. The molecular weight excluding hydrogens is 276 g/mol. The summed E-state index contributed by atoms with van der Waals surface area (Å²) >= 11 is 0. The molecule has 0 saturated carbocycles. The number of nitrogens with zero attached hydrogens (tertiary/aromatic N) is 4. The second-order valence-corrected chi connectivity index (χ2v) is 6.09. The fourth-order valence-electron chi connectivity index (χ4n) is 3.01. The van der Waals surface area contributed by atoms with E-state index in [1.165, 1.54) is 24.9 Å². The van der Waals surface area contributed by atoms with E-state index < -0.39 is 0 Å². The zero-order valence-electron chi connectivity index (χ0n) is 13.2. The van der Waals surface area contributed by atoms with Crippen LogP contribution in [0.1, 0.15) is 18.4 Å². The average molecular weight is 300 g/mol.